The molecule has 0 saturated heterocycles. The number of aromatic nitrogens is 1. The zero-order chi connectivity index (χ0) is 23.2. The third kappa shape index (κ3) is 5.47. The van der Waals surface area contributed by atoms with Crippen molar-refractivity contribution < 1.29 is 9.59 Å². The summed E-state index contributed by atoms with van der Waals surface area (Å²) in [5.41, 5.74) is 3.66. The van der Waals surface area contributed by atoms with E-state index in [4.69, 9.17) is 0 Å². The maximum absolute atomic E-state index is 12.8. The first-order chi connectivity index (χ1) is 16.0. The van der Waals surface area contributed by atoms with Gasteiger partial charge < -0.3 is 10.2 Å². The number of fused-ring (bicyclic) bond motifs is 1. The molecule has 0 saturated carbocycles. The first kappa shape index (κ1) is 22.7. The number of carbonyl (C=O) groups is 2. The van der Waals surface area contributed by atoms with Crippen LogP contribution < -0.4 is 5.32 Å². The predicted octanol–water partition coefficient (Wildman–Crippen LogP) is 4.66. The summed E-state index contributed by atoms with van der Waals surface area (Å²) in [5.74, 6) is 0.0729. The van der Waals surface area contributed by atoms with Crippen LogP contribution in [0.4, 0.5) is 5.00 Å². The third-order valence-electron chi connectivity index (χ3n) is 5.98. The molecule has 2 amide bonds. The number of nitrogens with zero attached hydrogens (tertiary/aromatic N) is 3. The summed E-state index contributed by atoms with van der Waals surface area (Å²) in [5, 5.41) is 13.3. The first-order valence-electron chi connectivity index (χ1n) is 11.1. The largest absolute Gasteiger partial charge is 0.337 e. The third-order valence-corrected chi connectivity index (χ3v) is 7.12. The van der Waals surface area contributed by atoms with Gasteiger partial charge in [-0.3, -0.25) is 14.6 Å². The van der Waals surface area contributed by atoms with Crippen LogP contribution in [0.3, 0.4) is 0 Å². The highest BCUT2D eigenvalue weighted by Gasteiger charge is 2.27. The van der Waals surface area contributed by atoms with E-state index in [0.717, 1.165) is 21.6 Å². The van der Waals surface area contributed by atoms with Gasteiger partial charge in [-0.1, -0.05) is 43.3 Å². The molecule has 168 valence electrons. The van der Waals surface area contributed by atoms with Crippen molar-refractivity contribution in [3.8, 4) is 6.07 Å². The average Bonchev–Trinajstić information content (AvgIpc) is 3.19. The zero-order valence-corrected chi connectivity index (χ0v) is 19.4. The van der Waals surface area contributed by atoms with Crippen molar-refractivity contribution in [2.75, 3.05) is 11.9 Å². The standard InChI is InChI=1S/C26H26N4O2S/c1-18(20-7-3-2-4-8-20)14-24(31)29-26-22(15-27)21-11-13-30(17-23(21)33-26)25(32)10-9-19-6-5-12-28-16-19/h2-8,12,16,18H,9-11,13-14,17H2,1H3,(H,29,31)/t18-/m0/s1. The molecule has 1 atom stereocenters. The van der Waals surface area contributed by atoms with E-state index in [-0.39, 0.29) is 17.7 Å². The van der Waals surface area contributed by atoms with Gasteiger partial charge in [0.15, 0.2) is 0 Å². The van der Waals surface area contributed by atoms with Crippen LogP contribution in [0.2, 0.25) is 0 Å². The van der Waals surface area contributed by atoms with Gasteiger partial charge in [0, 0.05) is 36.7 Å². The molecule has 7 heteroatoms. The lowest BCUT2D eigenvalue weighted by Gasteiger charge is -2.27. The zero-order valence-electron chi connectivity index (χ0n) is 18.6. The minimum absolute atomic E-state index is 0.0826. The van der Waals surface area contributed by atoms with Crippen LogP contribution in [-0.2, 0) is 29.0 Å². The van der Waals surface area contributed by atoms with Crippen LogP contribution in [0.15, 0.2) is 54.9 Å². The molecule has 1 aromatic carbocycles. The Balaban J connectivity index is 1.39. The molecule has 0 bridgehead atoms. The van der Waals surface area contributed by atoms with Crippen molar-refractivity contribution in [3.05, 3.63) is 82.0 Å². The van der Waals surface area contributed by atoms with Crippen LogP contribution in [-0.4, -0.2) is 28.2 Å². The summed E-state index contributed by atoms with van der Waals surface area (Å²) in [6.45, 7) is 3.09. The number of carbonyl (C=O) groups excluding carboxylic acids is 2. The maximum atomic E-state index is 12.8. The van der Waals surface area contributed by atoms with E-state index in [1.165, 1.54) is 11.3 Å². The number of anilines is 1. The summed E-state index contributed by atoms with van der Waals surface area (Å²) < 4.78 is 0. The van der Waals surface area contributed by atoms with Crippen LogP contribution >= 0.6 is 11.3 Å². The highest BCUT2D eigenvalue weighted by molar-refractivity contribution is 7.16. The van der Waals surface area contributed by atoms with Crippen LogP contribution in [0, 0.1) is 11.3 Å². The van der Waals surface area contributed by atoms with E-state index in [1.54, 1.807) is 12.4 Å². The molecule has 4 rings (SSSR count). The summed E-state index contributed by atoms with van der Waals surface area (Å²) in [6, 6.07) is 16.0. The van der Waals surface area contributed by atoms with Crippen LogP contribution in [0.25, 0.3) is 0 Å². The lowest BCUT2D eigenvalue weighted by atomic mass is 9.97. The number of aryl methyl sites for hydroxylation is 1. The summed E-state index contributed by atoms with van der Waals surface area (Å²) >= 11 is 1.42. The Morgan fingerprint density at radius 2 is 2.06 bits per heavy atom. The number of amides is 2. The van der Waals surface area contributed by atoms with Crippen molar-refractivity contribution in [2.45, 2.75) is 45.1 Å². The van der Waals surface area contributed by atoms with Gasteiger partial charge in [-0.15, -0.1) is 11.3 Å². The molecule has 0 aliphatic carbocycles. The molecule has 1 N–H and O–H groups in total. The highest BCUT2D eigenvalue weighted by Crippen LogP contribution is 2.37. The molecule has 1 aliphatic heterocycles. The van der Waals surface area contributed by atoms with Gasteiger partial charge >= 0.3 is 0 Å². The van der Waals surface area contributed by atoms with Crippen LogP contribution in [0.1, 0.15) is 52.8 Å². The van der Waals surface area contributed by atoms with Crippen molar-refractivity contribution in [1.29, 1.82) is 5.26 Å². The second-order valence-corrected chi connectivity index (χ2v) is 9.42. The molecule has 0 radical (unpaired) electrons. The van der Waals surface area contributed by atoms with Gasteiger partial charge in [0.25, 0.3) is 0 Å². The molecule has 2 aromatic heterocycles. The molecular formula is C26H26N4O2S. The van der Waals surface area contributed by atoms with Gasteiger partial charge in [-0.2, -0.15) is 5.26 Å². The van der Waals surface area contributed by atoms with Gasteiger partial charge in [0.1, 0.15) is 11.1 Å². The van der Waals surface area contributed by atoms with E-state index in [2.05, 4.69) is 16.4 Å². The molecule has 1 aliphatic rings. The van der Waals surface area contributed by atoms with Gasteiger partial charge in [0.05, 0.1) is 12.1 Å². The monoisotopic (exact) mass is 458 g/mol. The SMILES string of the molecule is C[C@@H](CC(=O)Nc1sc2c(c1C#N)CCN(C(=O)CCc1cccnc1)C2)c1ccccc1. The summed E-state index contributed by atoms with van der Waals surface area (Å²) in [6.07, 6.45) is 5.57. The van der Waals surface area contributed by atoms with Gasteiger partial charge in [-0.25, -0.2) is 0 Å². The van der Waals surface area contributed by atoms with Crippen molar-refractivity contribution in [2.24, 2.45) is 0 Å². The molecule has 0 fully saturated rings. The minimum atomic E-state index is -0.106. The Hall–Kier alpha value is -3.50. The fourth-order valence-electron chi connectivity index (χ4n) is 4.13. The van der Waals surface area contributed by atoms with E-state index < -0.39 is 0 Å². The van der Waals surface area contributed by atoms with Crippen LogP contribution in [0.5, 0.6) is 0 Å². The Morgan fingerprint density at radius 1 is 1.24 bits per heavy atom. The number of rotatable bonds is 7. The number of hydrogen-bond acceptors (Lipinski definition) is 5. The Bertz CT molecular complexity index is 1170. The molecule has 6 nitrogen and oxygen atoms in total. The number of hydrogen-bond donors (Lipinski definition) is 1. The molecule has 0 unspecified atom stereocenters. The molecule has 0 spiro atoms. The predicted molar refractivity (Wildman–Crippen MR) is 129 cm³/mol. The Labute approximate surface area is 197 Å². The lowest BCUT2D eigenvalue weighted by Crippen LogP contribution is -2.35. The normalized spacial score (nSPS) is 13.6. The summed E-state index contributed by atoms with van der Waals surface area (Å²) in [4.78, 5) is 32.4. The number of pyridine rings is 1. The average molecular weight is 459 g/mol. The second kappa shape index (κ2) is 10.4. The quantitative estimate of drug-likeness (QED) is 0.558. The highest BCUT2D eigenvalue weighted by atomic mass is 32.1. The minimum Gasteiger partial charge on any atom is -0.337 e. The first-order valence-corrected chi connectivity index (χ1v) is 11.9. The topological polar surface area (TPSA) is 86.1 Å². The molecule has 33 heavy (non-hydrogen) atoms. The van der Waals surface area contributed by atoms with E-state index >= 15 is 0 Å². The number of nitriles is 1. The van der Waals surface area contributed by atoms with E-state index in [1.807, 2.05) is 54.3 Å². The van der Waals surface area contributed by atoms with E-state index in [0.29, 0.717) is 49.3 Å². The fourth-order valence-corrected chi connectivity index (χ4v) is 5.36. The second-order valence-electron chi connectivity index (χ2n) is 8.31. The smallest absolute Gasteiger partial charge is 0.225 e. The number of thiophene rings is 1. The molecule has 3 aromatic rings. The number of nitrogens with one attached hydrogen (secondary N) is 1. The van der Waals surface area contributed by atoms with Gasteiger partial charge in [0.2, 0.25) is 11.8 Å². The lowest BCUT2D eigenvalue weighted by molar-refractivity contribution is -0.132. The number of benzene rings is 1. The Morgan fingerprint density at radius 3 is 2.79 bits per heavy atom. The van der Waals surface area contributed by atoms with Gasteiger partial charge in [-0.05, 0) is 41.5 Å². The summed E-state index contributed by atoms with van der Waals surface area (Å²) in [7, 11) is 0. The maximum Gasteiger partial charge on any atom is 0.225 e. The fraction of sp³-hybridized carbons (Fsp3) is 0.308. The van der Waals surface area contributed by atoms with Crippen molar-refractivity contribution in [3.63, 3.8) is 0 Å². The van der Waals surface area contributed by atoms with Crippen molar-refractivity contribution >= 4 is 28.2 Å². The Kier molecular flexibility index (Phi) is 7.16. The molecular weight excluding hydrogens is 432 g/mol. The van der Waals surface area contributed by atoms with Crippen molar-refractivity contribution in [1.82, 2.24) is 9.88 Å². The van der Waals surface area contributed by atoms with E-state index in [9.17, 15) is 14.9 Å². The molecule has 3 heterocycles.